The van der Waals surface area contributed by atoms with Crippen molar-refractivity contribution in [1.29, 1.82) is 0 Å². The number of benzene rings is 1. The zero-order valence-corrected chi connectivity index (χ0v) is 14.2. The Hall–Kier alpha value is -1.84. The van der Waals surface area contributed by atoms with Crippen LogP contribution >= 0.6 is 0 Å². The second-order valence-electron chi connectivity index (χ2n) is 7.50. The van der Waals surface area contributed by atoms with Gasteiger partial charge in [0.2, 0.25) is 5.91 Å². The minimum Gasteiger partial charge on any atom is -0.338 e. The van der Waals surface area contributed by atoms with Crippen molar-refractivity contribution in [3.63, 3.8) is 0 Å². The first kappa shape index (κ1) is 15.7. The predicted molar refractivity (Wildman–Crippen MR) is 92.5 cm³/mol. The fourth-order valence-electron chi connectivity index (χ4n) is 4.16. The summed E-state index contributed by atoms with van der Waals surface area (Å²) in [6.45, 7) is 1.53. The van der Waals surface area contributed by atoms with Crippen molar-refractivity contribution in [2.24, 2.45) is 0 Å². The van der Waals surface area contributed by atoms with E-state index in [1.54, 1.807) is 0 Å². The van der Waals surface area contributed by atoms with Gasteiger partial charge in [0.05, 0.1) is 0 Å². The summed E-state index contributed by atoms with van der Waals surface area (Å²) < 4.78 is 0. The fraction of sp³-hybridized carbons (Fsp3) is 0.600. The summed E-state index contributed by atoms with van der Waals surface area (Å²) in [5.41, 5.74) is 1.91. The number of likely N-dealkylation sites (tertiary alicyclic amines) is 1. The Morgan fingerprint density at radius 2 is 1.67 bits per heavy atom. The first-order chi connectivity index (χ1) is 11.7. The molecule has 0 N–H and O–H groups in total. The van der Waals surface area contributed by atoms with Gasteiger partial charge in [-0.2, -0.15) is 0 Å². The minimum atomic E-state index is 0.202. The Labute approximate surface area is 143 Å². The van der Waals surface area contributed by atoms with Crippen LogP contribution in [0.25, 0.3) is 0 Å². The molecule has 0 spiro atoms. The molecule has 1 heterocycles. The van der Waals surface area contributed by atoms with E-state index in [9.17, 15) is 9.59 Å². The molecule has 0 bridgehead atoms. The molecule has 1 aromatic carbocycles. The van der Waals surface area contributed by atoms with E-state index in [0.717, 1.165) is 49.8 Å². The summed E-state index contributed by atoms with van der Waals surface area (Å²) in [6.07, 6.45) is 8.80. The maximum atomic E-state index is 13.0. The van der Waals surface area contributed by atoms with Crippen LogP contribution in [0.1, 0.15) is 67.3 Å². The van der Waals surface area contributed by atoms with E-state index in [-0.39, 0.29) is 11.8 Å². The molecule has 2 aliphatic carbocycles. The van der Waals surface area contributed by atoms with Crippen LogP contribution in [0.15, 0.2) is 24.3 Å². The molecule has 0 atom stereocenters. The van der Waals surface area contributed by atoms with E-state index < -0.39 is 0 Å². The van der Waals surface area contributed by atoms with Crippen LogP contribution in [0.2, 0.25) is 0 Å². The van der Waals surface area contributed by atoms with Gasteiger partial charge in [-0.25, -0.2) is 0 Å². The van der Waals surface area contributed by atoms with Gasteiger partial charge in [-0.15, -0.1) is 0 Å². The quantitative estimate of drug-likeness (QED) is 0.832. The van der Waals surface area contributed by atoms with Crippen molar-refractivity contribution >= 4 is 11.8 Å². The Balaban J connectivity index is 1.45. The normalized spacial score (nSPS) is 21.5. The monoisotopic (exact) mass is 326 g/mol. The maximum absolute atomic E-state index is 13.0. The molecule has 0 aromatic heterocycles. The third-order valence-corrected chi connectivity index (χ3v) is 5.64. The van der Waals surface area contributed by atoms with Gasteiger partial charge in [0.1, 0.15) is 0 Å². The zero-order chi connectivity index (χ0) is 16.5. The van der Waals surface area contributed by atoms with Gasteiger partial charge in [0.25, 0.3) is 5.91 Å². The van der Waals surface area contributed by atoms with Crippen LogP contribution in [0.4, 0.5) is 0 Å². The van der Waals surface area contributed by atoms with Crippen molar-refractivity contribution < 1.29 is 9.59 Å². The highest BCUT2D eigenvalue weighted by molar-refractivity contribution is 5.95. The van der Waals surface area contributed by atoms with Gasteiger partial charge in [0.15, 0.2) is 0 Å². The lowest BCUT2D eigenvalue weighted by Crippen LogP contribution is -2.40. The van der Waals surface area contributed by atoms with Gasteiger partial charge in [-0.3, -0.25) is 9.59 Å². The van der Waals surface area contributed by atoms with E-state index >= 15 is 0 Å². The number of amides is 2. The second kappa shape index (κ2) is 6.58. The largest absolute Gasteiger partial charge is 0.338 e. The minimum absolute atomic E-state index is 0.202. The highest BCUT2D eigenvalue weighted by Crippen LogP contribution is 2.35. The maximum Gasteiger partial charge on any atom is 0.254 e. The highest BCUT2D eigenvalue weighted by Gasteiger charge is 2.38. The Morgan fingerprint density at radius 1 is 1.00 bits per heavy atom. The lowest BCUT2D eigenvalue weighted by molar-refractivity contribution is -0.128. The molecule has 2 amide bonds. The Morgan fingerprint density at radius 3 is 2.25 bits per heavy atom. The van der Waals surface area contributed by atoms with Gasteiger partial charge in [-0.1, -0.05) is 25.0 Å². The third-order valence-electron chi connectivity index (χ3n) is 5.64. The molecule has 4 heteroatoms. The molecule has 1 aliphatic heterocycles. The standard InChI is InChI=1S/C20H26N2O2/c23-19-6-3-13-21(19)14-15-7-9-16(10-8-15)20(24)22(18-11-12-18)17-4-1-2-5-17/h7-10,17-18H,1-6,11-14H2. The van der Waals surface area contributed by atoms with E-state index in [4.69, 9.17) is 0 Å². The van der Waals surface area contributed by atoms with Crippen molar-refractivity contribution in [3.05, 3.63) is 35.4 Å². The number of rotatable bonds is 5. The summed E-state index contributed by atoms with van der Waals surface area (Å²) in [7, 11) is 0. The zero-order valence-electron chi connectivity index (χ0n) is 14.2. The van der Waals surface area contributed by atoms with Crippen LogP contribution in [0.3, 0.4) is 0 Å². The van der Waals surface area contributed by atoms with Crippen molar-refractivity contribution in [3.8, 4) is 0 Å². The number of carbonyl (C=O) groups excluding carboxylic acids is 2. The molecule has 2 saturated carbocycles. The number of hydrogen-bond donors (Lipinski definition) is 0. The first-order valence-corrected chi connectivity index (χ1v) is 9.42. The molecule has 0 unspecified atom stereocenters. The smallest absolute Gasteiger partial charge is 0.254 e. The summed E-state index contributed by atoms with van der Waals surface area (Å²) >= 11 is 0. The second-order valence-corrected chi connectivity index (χ2v) is 7.50. The van der Waals surface area contributed by atoms with Gasteiger partial charge >= 0.3 is 0 Å². The van der Waals surface area contributed by atoms with E-state index in [0.29, 0.717) is 25.0 Å². The van der Waals surface area contributed by atoms with E-state index in [1.165, 1.54) is 12.8 Å². The SMILES string of the molecule is O=C1CCCN1Cc1ccc(C(=O)N(C2CCCC2)C2CC2)cc1. The summed E-state index contributed by atoms with van der Waals surface area (Å²) in [5.74, 6) is 0.449. The van der Waals surface area contributed by atoms with Crippen molar-refractivity contribution in [1.82, 2.24) is 9.80 Å². The van der Waals surface area contributed by atoms with E-state index in [1.807, 2.05) is 29.2 Å². The average molecular weight is 326 g/mol. The molecule has 3 fully saturated rings. The topological polar surface area (TPSA) is 40.6 Å². The molecule has 1 saturated heterocycles. The first-order valence-electron chi connectivity index (χ1n) is 9.42. The highest BCUT2D eigenvalue weighted by atomic mass is 16.2. The van der Waals surface area contributed by atoms with Crippen LogP contribution in [0.5, 0.6) is 0 Å². The molecular formula is C20H26N2O2. The molecule has 24 heavy (non-hydrogen) atoms. The van der Waals surface area contributed by atoms with Crippen molar-refractivity contribution in [2.75, 3.05) is 6.54 Å². The lowest BCUT2D eigenvalue weighted by atomic mass is 10.1. The van der Waals surface area contributed by atoms with Crippen LogP contribution in [-0.2, 0) is 11.3 Å². The summed E-state index contributed by atoms with van der Waals surface area (Å²) in [6, 6.07) is 8.84. The lowest BCUT2D eigenvalue weighted by Gasteiger charge is -2.29. The third kappa shape index (κ3) is 3.19. The fourth-order valence-corrected chi connectivity index (χ4v) is 4.16. The summed E-state index contributed by atoms with van der Waals surface area (Å²) in [5, 5.41) is 0. The molecule has 128 valence electrons. The van der Waals surface area contributed by atoms with Gasteiger partial charge in [0, 0.05) is 37.2 Å². The Kier molecular flexibility index (Phi) is 4.30. The van der Waals surface area contributed by atoms with Crippen molar-refractivity contribution in [2.45, 2.75) is 70.0 Å². The summed E-state index contributed by atoms with van der Waals surface area (Å²) in [4.78, 5) is 28.8. The predicted octanol–water partition coefficient (Wildman–Crippen LogP) is 3.36. The van der Waals surface area contributed by atoms with Crippen LogP contribution in [-0.4, -0.2) is 40.2 Å². The average Bonchev–Trinajstić information content (AvgIpc) is 3.11. The number of carbonyl (C=O) groups is 2. The van der Waals surface area contributed by atoms with Crippen LogP contribution < -0.4 is 0 Å². The molecule has 1 aromatic rings. The molecule has 0 radical (unpaired) electrons. The van der Waals surface area contributed by atoms with E-state index in [2.05, 4.69) is 4.90 Å². The number of hydrogen-bond acceptors (Lipinski definition) is 2. The van der Waals surface area contributed by atoms with Gasteiger partial charge < -0.3 is 9.80 Å². The molecular weight excluding hydrogens is 300 g/mol. The van der Waals surface area contributed by atoms with Gasteiger partial charge in [-0.05, 0) is 49.8 Å². The molecule has 3 aliphatic rings. The van der Waals surface area contributed by atoms with Crippen LogP contribution in [0, 0.1) is 0 Å². The number of nitrogens with zero attached hydrogens (tertiary/aromatic N) is 2. The molecule has 4 rings (SSSR count). The Bertz CT molecular complexity index is 615. The molecule has 4 nitrogen and oxygen atoms in total.